The number of ketones is 1. The lowest BCUT2D eigenvalue weighted by molar-refractivity contribution is -0.133. The fourth-order valence-corrected chi connectivity index (χ4v) is 3.51. The van der Waals surface area contributed by atoms with Crippen molar-refractivity contribution in [3.63, 3.8) is 0 Å². The van der Waals surface area contributed by atoms with E-state index in [9.17, 15) is 27.9 Å². The number of rotatable bonds is 9. The quantitative estimate of drug-likeness (QED) is 0.592. The third-order valence-corrected chi connectivity index (χ3v) is 5.27. The van der Waals surface area contributed by atoms with Crippen LogP contribution in [0.1, 0.15) is 35.0 Å². The second-order valence-electron chi connectivity index (χ2n) is 7.48. The summed E-state index contributed by atoms with van der Waals surface area (Å²) in [5, 5.41) is 12.0. The molecule has 1 saturated heterocycles. The van der Waals surface area contributed by atoms with Crippen LogP contribution in [0.3, 0.4) is 0 Å². The molecule has 0 saturated carbocycles. The van der Waals surface area contributed by atoms with Crippen molar-refractivity contribution in [3.05, 3.63) is 53.9 Å². The number of likely N-dealkylation sites (tertiary alicyclic amines) is 1. The molecular formula is C22H24F3N3O3. The van der Waals surface area contributed by atoms with Gasteiger partial charge in [0.1, 0.15) is 18.5 Å². The molecule has 1 amide bonds. The third kappa shape index (κ3) is 5.89. The molecule has 1 aliphatic heterocycles. The van der Waals surface area contributed by atoms with Crippen LogP contribution in [0.15, 0.2) is 42.6 Å². The van der Waals surface area contributed by atoms with Crippen LogP contribution in [-0.2, 0) is 4.79 Å². The van der Waals surface area contributed by atoms with Gasteiger partial charge in [0.15, 0.2) is 5.78 Å². The highest BCUT2D eigenvalue weighted by atomic mass is 19.3. The highest BCUT2D eigenvalue weighted by Crippen LogP contribution is 2.24. The lowest BCUT2D eigenvalue weighted by Gasteiger charge is -2.22. The van der Waals surface area contributed by atoms with Crippen LogP contribution in [-0.4, -0.2) is 65.5 Å². The number of aromatic nitrogens is 1. The van der Waals surface area contributed by atoms with E-state index >= 15 is 0 Å². The molecule has 0 bridgehead atoms. The van der Waals surface area contributed by atoms with E-state index in [1.807, 2.05) is 0 Å². The maximum absolute atomic E-state index is 13.1. The summed E-state index contributed by atoms with van der Waals surface area (Å²) in [7, 11) is 0. The predicted octanol–water partition coefficient (Wildman–Crippen LogP) is 2.78. The lowest BCUT2D eigenvalue weighted by Crippen LogP contribution is -2.43. The van der Waals surface area contributed by atoms with E-state index in [-0.39, 0.29) is 11.3 Å². The van der Waals surface area contributed by atoms with Crippen LogP contribution >= 0.6 is 0 Å². The molecule has 2 atom stereocenters. The molecule has 31 heavy (non-hydrogen) atoms. The molecule has 2 N–H and O–H groups in total. The van der Waals surface area contributed by atoms with Crippen molar-refractivity contribution < 1.29 is 27.9 Å². The summed E-state index contributed by atoms with van der Waals surface area (Å²) in [6.07, 6.45) is -0.980. The summed E-state index contributed by atoms with van der Waals surface area (Å²) < 4.78 is 37.9. The molecule has 6 nitrogen and oxygen atoms in total. The van der Waals surface area contributed by atoms with Gasteiger partial charge in [-0.2, -0.15) is 8.78 Å². The number of Topliss-reactive ketones (excluding diaryl/α,β-unsaturated/α-hetero) is 1. The van der Waals surface area contributed by atoms with E-state index < -0.39 is 31.2 Å². The Hall–Kier alpha value is -2.78. The first-order valence-corrected chi connectivity index (χ1v) is 10.0. The number of alkyl halides is 3. The predicted molar refractivity (Wildman–Crippen MR) is 109 cm³/mol. The normalized spacial score (nSPS) is 16.3. The minimum atomic E-state index is -3.29. The van der Waals surface area contributed by atoms with Gasteiger partial charge >= 0.3 is 6.43 Å². The molecule has 1 fully saturated rings. The Morgan fingerprint density at radius 3 is 2.26 bits per heavy atom. The molecule has 3 rings (SSSR count). The first-order valence-electron chi connectivity index (χ1n) is 10.0. The Balaban J connectivity index is 1.65. The van der Waals surface area contributed by atoms with Crippen molar-refractivity contribution >= 4 is 11.7 Å². The molecule has 9 heteroatoms. The number of carbonyl (C=O) groups is 2. The van der Waals surface area contributed by atoms with Crippen LogP contribution in [0, 0.1) is 0 Å². The van der Waals surface area contributed by atoms with Gasteiger partial charge in [-0.15, -0.1) is 0 Å². The number of aliphatic hydroxyl groups is 1. The average molecular weight is 435 g/mol. The summed E-state index contributed by atoms with van der Waals surface area (Å²) in [5.41, 5.74) is 2.15. The fraction of sp³-hybridized carbons (Fsp3) is 0.409. The summed E-state index contributed by atoms with van der Waals surface area (Å²) >= 11 is 0. The highest BCUT2D eigenvalue weighted by molar-refractivity contribution is 5.96. The highest BCUT2D eigenvalue weighted by Gasteiger charge is 2.26. The van der Waals surface area contributed by atoms with Crippen molar-refractivity contribution in [2.75, 3.05) is 26.3 Å². The smallest absolute Gasteiger partial charge is 0.315 e. The zero-order valence-corrected chi connectivity index (χ0v) is 16.8. The molecule has 0 spiro atoms. The average Bonchev–Trinajstić information content (AvgIpc) is 3.30. The number of aliphatic hydroxyl groups excluding tert-OH is 1. The number of hydrogen-bond acceptors (Lipinski definition) is 5. The van der Waals surface area contributed by atoms with Crippen LogP contribution in [0.25, 0.3) is 11.1 Å². The largest absolute Gasteiger partial charge is 0.386 e. The molecular weight excluding hydrogens is 411 g/mol. The van der Waals surface area contributed by atoms with Crippen molar-refractivity contribution in [2.24, 2.45) is 0 Å². The van der Waals surface area contributed by atoms with E-state index in [2.05, 4.69) is 9.88 Å². The summed E-state index contributed by atoms with van der Waals surface area (Å²) in [5.74, 6) is -1.67. The van der Waals surface area contributed by atoms with Crippen LogP contribution in [0.5, 0.6) is 0 Å². The summed E-state index contributed by atoms with van der Waals surface area (Å²) in [6.45, 7) is 1.02. The van der Waals surface area contributed by atoms with E-state index in [1.165, 1.54) is 12.1 Å². The first kappa shape index (κ1) is 22.9. The first-order chi connectivity index (χ1) is 14.9. The minimum absolute atomic E-state index is 0.0324. The molecule has 1 aliphatic rings. The van der Waals surface area contributed by atoms with Gasteiger partial charge in [0.25, 0.3) is 5.91 Å². The van der Waals surface area contributed by atoms with Crippen LogP contribution in [0.4, 0.5) is 13.2 Å². The number of nitrogens with zero attached hydrogens (tertiary/aromatic N) is 2. The van der Waals surface area contributed by atoms with Crippen LogP contribution in [0.2, 0.25) is 0 Å². The molecule has 0 unspecified atom stereocenters. The standard InChI is InChI=1S/C22H24F3N3O3/c23-11-18(27-22(31)21(24)25)20(30)15-5-3-14(4-6-15)16-7-8-17(26-12-16)19(29)13-28-9-1-2-10-28/h3-8,12,18,20-21,30H,1-2,9-11,13H2,(H,27,31)/t18-,20-/m1/s1. The Morgan fingerprint density at radius 1 is 1.06 bits per heavy atom. The molecule has 0 aliphatic carbocycles. The Kier molecular flexibility index (Phi) is 7.75. The zero-order valence-electron chi connectivity index (χ0n) is 16.8. The maximum atomic E-state index is 13.1. The van der Waals surface area contributed by atoms with Gasteiger partial charge in [0.05, 0.1) is 12.6 Å². The van der Waals surface area contributed by atoms with E-state index in [0.29, 0.717) is 12.2 Å². The zero-order chi connectivity index (χ0) is 22.4. The topological polar surface area (TPSA) is 82.5 Å². The number of hydrogen-bond donors (Lipinski definition) is 2. The van der Waals surface area contributed by atoms with Crippen LogP contribution < -0.4 is 5.32 Å². The minimum Gasteiger partial charge on any atom is -0.386 e. The Morgan fingerprint density at radius 2 is 1.71 bits per heavy atom. The molecule has 1 aromatic carbocycles. The van der Waals surface area contributed by atoms with Gasteiger partial charge in [-0.1, -0.05) is 30.3 Å². The van der Waals surface area contributed by atoms with Crippen molar-refractivity contribution in [1.82, 2.24) is 15.2 Å². The Bertz CT molecular complexity index is 885. The number of nitrogens with one attached hydrogen (secondary N) is 1. The maximum Gasteiger partial charge on any atom is 0.315 e. The number of carbonyl (C=O) groups excluding carboxylic acids is 2. The molecule has 2 heterocycles. The van der Waals surface area contributed by atoms with Crippen molar-refractivity contribution in [1.29, 1.82) is 0 Å². The fourth-order valence-electron chi connectivity index (χ4n) is 3.51. The monoisotopic (exact) mass is 435 g/mol. The van der Waals surface area contributed by atoms with E-state index in [1.54, 1.807) is 35.8 Å². The molecule has 166 valence electrons. The lowest BCUT2D eigenvalue weighted by atomic mass is 9.99. The summed E-state index contributed by atoms with van der Waals surface area (Å²) in [6, 6.07) is 8.30. The van der Waals surface area contributed by atoms with Gasteiger partial charge in [0, 0.05) is 11.8 Å². The third-order valence-electron chi connectivity index (χ3n) is 5.27. The number of pyridine rings is 1. The molecule has 2 aromatic rings. The molecule has 0 radical (unpaired) electrons. The second-order valence-corrected chi connectivity index (χ2v) is 7.48. The van der Waals surface area contributed by atoms with Gasteiger partial charge in [-0.3, -0.25) is 19.5 Å². The van der Waals surface area contributed by atoms with Crippen molar-refractivity contribution in [2.45, 2.75) is 31.4 Å². The SMILES string of the molecule is O=C(CN1CCCC1)c1ccc(-c2ccc([C@@H](O)[C@@H](CF)NC(=O)C(F)F)cc2)cn1. The number of halogens is 3. The Labute approximate surface area is 178 Å². The van der Waals surface area contributed by atoms with Gasteiger partial charge < -0.3 is 10.4 Å². The number of benzene rings is 1. The number of amides is 1. The van der Waals surface area contributed by atoms with Gasteiger partial charge in [-0.05, 0) is 43.1 Å². The second kappa shape index (κ2) is 10.5. The van der Waals surface area contributed by atoms with Crippen molar-refractivity contribution in [3.8, 4) is 11.1 Å². The summed E-state index contributed by atoms with van der Waals surface area (Å²) in [4.78, 5) is 29.8. The molecule has 1 aromatic heterocycles. The van der Waals surface area contributed by atoms with Gasteiger partial charge in [-0.25, -0.2) is 4.39 Å². The van der Waals surface area contributed by atoms with Gasteiger partial charge in [0.2, 0.25) is 0 Å². The van der Waals surface area contributed by atoms with E-state index in [0.717, 1.165) is 37.1 Å². The van der Waals surface area contributed by atoms with E-state index in [4.69, 9.17) is 0 Å².